The zero-order valence-electron chi connectivity index (χ0n) is 46.2. The second-order valence-corrected chi connectivity index (χ2v) is 17.3. The van der Waals surface area contributed by atoms with Gasteiger partial charge in [0.15, 0.2) is 45.2 Å². The molecule has 0 aliphatic carbocycles. The number of hydrazone groups is 4. The first-order valence-electron chi connectivity index (χ1n) is 23.6. The predicted octanol–water partition coefficient (Wildman–Crippen LogP) is -7.26. The number of H-pyrrole nitrogens is 4. The Kier molecular flexibility index (Phi) is 50.8. The molecular formula is C56H70Cl4N16O5S4. The monoisotopic (exact) mass is 1310 g/mol. The average molecular weight is 1320 g/mol. The number of para-hydroxylation sites is 4. The minimum absolute atomic E-state index is 0. The summed E-state index contributed by atoms with van der Waals surface area (Å²) in [6.07, 6.45) is 7.42. The summed E-state index contributed by atoms with van der Waals surface area (Å²) in [6, 6.07) is 62.2. The van der Waals surface area contributed by atoms with Crippen molar-refractivity contribution in [1.29, 1.82) is 0 Å². The first-order valence-corrected chi connectivity index (χ1v) is 25.2. The molecule has 456 valence electrons. The van der Waals surface area contributed by atoms with Crippen LogP contribution in [0.3, 0.4) is 0 Å². The minimum Gasteiger partial charge on any atom is -1.00 e. The molecule has 8 rings (SSSR count). The summed E-state index contributed by atoms with van der Waals surface area (Å²) in [7, 11) is 0. The van der Waals surface area contributed by atoms with E-state index in [2.05, 4.69) is 83.3 Å². The SMILES string of the molecule is C/C(=N\NC(=S)Nc1ccccc1)c1cccc[nH+]1.C/C(=N\NC(=S)Nc1ccccc1)c1cccc[nH+]1.C/C(=N\NC(=S)Nc1ccccc1)c1cccc[nH+]1.C/C(=N\NC(=S)Nc1ccccc1)c1cccc[nH+]1.O.O.O.O.O.[Cl-].[Cl-].[Cl-].[Cl-]. The van der Waals surface area contributed by atoms with Gasteiger partial charge in [-0.25, -0.2) is 19.9 Å². The average Bonchev–Trinajstić information content (AvgIpc) is 3.47. The fraction of sp³-hybridized carbons (Fsp3) is 0.0714. The maximum Gasteiger partial charge on any atom is 0.226 e. The number of aromatic amines is 4. The lowest BCUT2D eigenvalue weighted by Gasteiger charge is -2.06. The van der Waals surface area contributed by atoms with E-state index in [4.69, 9.17) is 48.9 Å². The number of hydrogen-bond donors (Lipinski definition) is 8. The molecular weight excluding hydrogens is 1250 g/mol. The fourth-order valence-corrected chi connectivity index (χ4v) is 6.63. The van der Waals surface area contributed by atoms with Gasteiger partial charge in [-0.3, -0.25) is 21.7 Å². The first-order chi connectivity index (χ1) is 37.0. The molecule has 29 heteroatoms. The van der Waals surface area contributed by atoms with E-state index >= 15 is 0 Å². The Morgan fingerprint density at radius 2 is 0.435 bits per heavy atom. The predicted molar refractivity (Wildman–Crippen MR) is 342 cm³/mol. The zero-order chi connectivity index (χ0) is 54.0. The highest BCUT2D eigenvalue weighted by Crippen LogP contribution is 2.07. The highest BCUT2D eigenvalue weighted by atomic mass is 35.5. The van der Waals surface area contributed by atoms with Crippen molar-refractivity contribution in [3.05, 3.63) is 242 Å². The number of aromatic nitrogens is 4. The molecule has 0 saturated heterocycles. The molecule has 85 heavy (non-hydrogen) atoms. The Hall–Kier alpha value is -8.12. The van der Waals surface area contributed by atoms with Crippen molar-refractivity contribution in [3.8, 4) is 0 Å². The molecule has 4 aromatic carbocycles. The Morgan fingerprint density at radius 3 is 0.588 bits per heavy atom. The van der Waals surface area contributed by atoms with Crippen molar-refractivity contribution in [2.24, 2.45) is 20.4 Å². The van der Waals surface area contributed by atoms with Crippen LogP contribution in [-0.4, -0.2) is 70.7 Å². The van der Waals surface area contributed by atoms with E-state index in [0.29, 0.717) is 20.4 Å². The summed E-state index contributed by atoms with van der Waals surface area (Å²) < 4.78 is 0. The third-order valence-electron chi connectivity index (χ3n) is 9.82. The topological polar surface area (TPSA) is 360 Å². The van der Waals surface area contributed by atoms with Crippen LogP contribution in [0.4, 0.5) is 22.7 Å². The molecule has 21 nitrogen and oxygen atoms in total. The van der Waals surface area contributed by atoms with Gasteiger partial charge in [-0.2, -0.15) is 20.4 Å². The number of nitrogens with one attached hydrogen (secondary N) is 12. The number of anilines is 4. The Labute approximate surface area is 540 Å². The van der Waals surface area contributed by atoms with Crippen LogP contribution in [0.2, 0.25) is 0 Å². The zero-order valence-corrected chi connectivity index (χ0v) is 52.5. The molecule has 0 atom stereocenters. The van der Waals surface area contributed by atoms with E-state index in [-0.39, 0.29) is 77.0 Å². The van der Waals surface area contributed by atoms with Gasteiger partial charge in [0.1, 0.15) is 22.8 Å². The minimum atomic E-state index is 0. The number of pyridine rings is 4. The molecule has 4 aromatic heterocycles. The number of rotatable bonds is 12. The molecule has 0 spiro atoms. The summed E-state index contributed by atoms with van der Waals surface area (Å²) in [5.41, 5.74) is 22.1. The van der Waals surface area contributed by atoms with E-state index in [9.17, 15) is 0 Å². The van der Waals surface area contributed by atoms with Gasteiger partial charge in [-0.15, -0.1) is 0 Å². The highest BCUT2D eigenvalue weighted by molar-refractivity contribution is 7.81. The second kappa shape index (κ2) is 50.4. The van der Waals surface area contributed by atoms with E-state index in [1.807, 2.05) is 247 Å². The van der Waals surface area contributed by atoms with Crippen LogP contribution in [0.25, 0.3) is 0 Å². The van der Waals surface area contributed by atoms with Crippen LogP contribution in [0.5, 0.6) is 0 Å². The quantitative estimate of drug-likeness (QED) is 0.0322. The van der Waals surface area contributed by atoms with Gasteiger partial charge in [0, 0.05) is 71.3 Å². The van der Waals surface area contributed by atoms with Gasteiger partial charge in [0.05, 0.1) is 0 Å². The van der Waals surface area contributed by atoms with Crippen molar-refractivity contribution in [2.75, 3.05) is 21.3 Å². The summed E-state index contributed by atoms with van der Waals surface area (Å²) in [6.45, 7) is 7.63. The van der Waals surface area contributed by atoms with Crippen molar-refractivity contribution < 1.29 is 96.9 Å². The molecule has 0 aliphatic rings. The van der Waals surface area contributed by atoms with Crippen molar-refractivity contribution in [1.82, 2.24) is 21.7 Å². The van der Waals surface area contributed by atoms with Crippen LogP contribution in [0.15, 0.2) is 239 Å². The molecule has 0 bridgehead atoms. The van der Waals surface area contributed by atoms with Crippen molar-refractivity contribution in [3.63, 3.8) is 0 Å². The second-order valence-electron chi connectivity index (χ2n) is 15.6. The molecule has 0 aliphatic heterocycles. The molecule has 8 aromatic rings. The van der Waals surface area contributed by atoms with E-state index in [0.717, 1.165) is 68.4 Å². The molecule has 0 amide bonds. The molecule has 0 radical (unpaired) electrons. The summed E-state index contributed by atoms with van der Waals surface area (Å²) in [4.78, 5) is 12.4. The Balaban J connectivity index is -0.000000323. The summed E-state index contributed by atoms with van der Waals surface area (Å²) >= 11 is 20.7. The van der Waals surface area contributed by atoms with Crippen LogP contribution in [0.1, 0.15) is 50.5 Å². The van der Waals surface area contributed by atoms with E-state index < -0.39 is 0 Å². The summed E-state index contributed by atoms with van der Waals surface area (Å²) in [5.74, 6) is 0. The van der Waals surface area contributed by atoms with Crippen LogP contribution < -0.4 is 113 Å². The lowest BCUT2D eigenvalue weighted by Crippen LogP contribution is -3.00. The lowest BCUT2D eigenvalue weighted by molar-refractivity contribution is -0.380. The van der Waals surface area contributed by atoms with E-state index in [1.54, 1.807) is 0 Å². The first kappa shape index (κ1) is 85.7. The van der Waals surface area contributed by atoms with Gasteiger partial charge in [-0.05, 0) is 149 Å². The number of halogens is 4. The largest absolute Gasteiger partial charge is 1.00 e. The standard InChI is InChI=1S/4C14H14N4S.4ClH.5H2O/c4*1-11(13-9-5-6-10-15-13)17-18-14(19)16-12-7-3-2-4-8-12;;;;;;;;;/h4*2-10H,1H3,(H2,16,18,19);4*1H;5*1H2/b4*17-11+;;;;;;;;;. The normalized spacial score (nSPS) is 9.74. The maximum absolute atomic E-state index is 5.16. The fourth-order valence-electron chi connectivity index (χ4n) is 5.98. The van der Waals surface area contributed by atoms with Gasteiger partial charge in [0.25, 0.3) is 0 Å². The molecule has 0 fully saturated rings. The Morgan fingerprint density at radius 1 is 0.271 bits per heavy atom. The van der Waals surface area contributed by atoms with Crippen molar-refractivity contribution in [2.45, 2.75) is 27.7 Å². The number of nitrogens with zero attached hydrogens (tertiary/aromatic N) is 4. The lowest BCUT2D eigenvalue weighted by atomic mass is 10.3. The highest BCUT2D eigenvalue weighted by Gasteiger charge is 2.08. The number of benzene rings is 4. The van der Waals surface area contributed by atoms with Crippen molar-refractivity contribution >= 4 is 115 Å². The smallest absolute Gasteiger partial charge is 0.226 e. The van der Waals surface area contributed by atoms with Gasteiger partial charge in [0.2, 0.25) is 22.8 Å². The van der Waals surface area contributed by atoms with Crippen LogP contribution in [0, 0.1) is 0 Å². The third-order valence-corrected chi connectivity index (χ3v) is 10.6. The number of thiocarbonyl (C=S) groups is 4. The van der Waals surface area contributed by atoms with Gasteiger partial charge in [-0.1, -0.05) is 72.8 Å². The summed E-state index contributed by atoms with van der Waals surface area (Å²) in [5, 5.41) is 30.9. The molecule has 22 N–H and O–H groups in total. The van der Waals surface area contributed by atoms with E-state index in [1.165, 1.54) is 0 Å². The molecule has 0 saturated carbocycles. The Bertz CT molecular complexity index is 2740. The third kappa shape index (κ3) is 35.6. The maximum atomic E-state index is 5.16. The molecule has 4 heterocycles. The van der Waals surface area contributed by atoms with Gasteiger partial charge >= 0.3 is 0 Å². The van der Waals surface area contributed by atoms with Gasteiger partial charge < -0.3 is 98.3 Å². The molecule has 0 unspecified atom stereocenters. The number of hydrogen-bond acceptors (Lipinski definition) is 8. The van der Waals surface area contributed by atoms with Crippen LogP contribution >= 0.6 is 48.9 Å². The van der Waals surface area contributed by atoms with Crippen LogP contribution in [-0.2, 0) is 0 Å².